The molecular weight excluding hydrogens is 893 g/mol. The third kappa shape index (κ3) is 9.98. The Kier molecular flexibility index (Phi) is 13.7. The van der Waals surface area contributed by atoms with E-state index < -0.39 is 35.1 Å². The number of piperazine rings is 1. The van der Waals surface area contributed by atoms with Crippen LogP contribution in [0.4, 0.5) is 19.4 Å². The third-order valence-corrected chi connectivity index (χ3v) is 22.4. The smallest absolute Gasteiger partial charge is 0.410 e. The highest BCUT2D eigenvalue weighted by atomic mass is 32.2. The molecule has 4 aliphatic rings. The molecule has 0 radical (unpaired) electrons. The van der Waals surface area contributed by atoms with Gasteiger partial charge in [0.05, 0.1) is 35.8 Å². The maximum atomic E-state index is 18.0. The summed E-state index contributed by atoms with van der Waals surface area (Å²) in [5.41, 5.74) is 4.58. The summed E-state index contributed by atoms with van der Waals surface area (Å²) < 4.78 is 83.2. The Morgan fingerprint density at radius 3 is 2.19 bits per heavy atom. The summed E-state index contributed by atoms with van der Waals surface area (Å²) in [5, 5.41) is 1.48. The van der Waals surface area contributed by atoms with Gasteiger partial charge in [0, 0.05) is 67.1 Å². The number of sulfone groups is 1. The summed E-state index contributed by atoms with van der Waals surface area (Å²) in [6.45, 7) is 21.5. The Morgan fingerprint density at radius 1 is 0.940 bits per heavy atom. The van der Waals surface area contributed by atoms with E-state index in [0.29, 0.717) is 77.3 Å². The van der Waals surface area contributed by atoms with Crippen molar-refractivity contribution in [2.45, 2.75) is 122 Å². The van der Waals surface area contributed by atoms with Crippen LogP contribution < -0.4 is 14.4 Å². The second-order valence-corrected chi connectivity index (χ2v) is 29.1. The van der Waals surface area contributed by atoms with Crippen LogP contribution in [0.3, 0.4) is 0 Å². The third-order valence-electron chi connectivity index (χ3n) is 14.5. The first-order valence-corrected chi connectivity index (χ1v) is 27.9. The molecular formula is C51H67F2N5O7SSi. The van der Waals surface area contributed by atoms with Crippen LogP contribution in [-0.2, 0) is 19.3 Å². The molecule has 362 valence electrons. The highest BCUT2D eigenvalue weighted by Crippen LogP contribution is 2.48. The second kappa shape index (κ2) is 18.7. The van der Waals surface area contributed by atoms with Crippen LogP contribution in [0.25, 0.3) is 32.8 Å². The number of halogens is 2. The molecule has 1 amide bonds. The molecule has 3 saturated heterocycles. The minimum atomic E-state index is -3.04. The highest BCUT2D eigenvalue weighted by molar-refractivity contribution is 7.91. The van der Waals surface area contributed by atoms with Gasteiger partial charge in [0.1, 0.15) is 36.6 Å². The van der Waals surface area contributed by atoms with Crippen LogP contribution in [0.1, 0.15) is 93.6 Å². The van der Waals surface area contributed by atoms with Gasteiger partial charge in [0.25, 0.3) is 0 Å². The molecule has 3 aliphatic heterocycles. The predicted molar refractivity (Wildman–Crippen MR) is 262 cm³/mol. The van der Waals surface area contributed by atoms with Crippen molar-refractivity contribution in [3.8, 4) is 34.4 Å². The zero-order valence-corrected chi connectivity index (χ0v) is 42.6. The average Bonchev–Trinajstić information content (AvgIpc) is 3.96. The van der Waals surface area contributed by atoms with E-state index in [-0.39, 0.29) is 76.5 Å². The monoisotopic (exact) mass is 959 g/mol. The molecule has 0 spiro atoms. The highest BCUT2D eigenvalue weighted by Gasteiger charge is 2.47. The molecule has 1 aliphatic carbocycles. The van der Waals surface area contributed by atoms with Gasteiger partial charge in [0.15, 0.2) is 22.4 Å². The number of hydrogen-bond donors (Lipinski definition) is 0. The number of amides is 1. The summed E-state index contributed by atoms with van der Waals surface area (Å²) in [7, 11) is -3.74. The number of ether oxygens (including phenoxy) is 4. The maximum absolute atomic E-state index is 18.0. The van der Waals surface area contributed by atoms with Gasteiger partial charge in [-0.3, -0.25) is 4.90 Å². The van der Waals surface area contributed by atoms with Crippen LogP contribution in [0.15, 0.2) is 36.4 Å². The summed E-state index contributed by atoms with van der Waals surface area (Å²) >= 11 is 0. The molecule has 12 nitrogen and oxygen atoms in total. The van der Waals surface area contributed by atoms with Gasteiger partial charge in [-0.25, -0.2) is 22.0 Å². The Bertz CT molecular complexity index is 2660. The number of methoxy groups -OCH3 is 1. The zero-order valence-electron chi connectivity index (χ0n) is 40.8. The van der Waals surface area contributed by atoms with Crippen LogP contribution in [0, 0.1) is 28.5 Å². The van der Waals surface area contributed by atoms with Crippen molar-refractivity contribution in [2.75, 3.05) is 69.6 Å². The minimum absolute atomic E-state index is 0.0423. The lowest BCUT2D eigenvalue weighted by atomic mass is 9.93. The SMILES string of the molecule is COCOc1cc(-c2c(F)cc3c(N4CC5CCC(C4)N5C(=O)OC(C)(C)C)nc(OCC4(CN5CCS(=O)(=O)CC5)CC4)nc3c2F)c2c(C#C[Si](C(C)C)(C(C)C)C(C)C)cccc2c1. The summed E-state index contributed by atoms with van der Waals surface area (Å²) in [5.74, 6) is 2.84. The molecule has 2 atom stereocenters. The number of aromatic nitrogens is 2. The number of hydrogen-bond acceptors (Lipinski definition) is 11. The van der Waals surface area contributed by atoms with E-state index >= 15 is 8.78 Å². The first-order valence-electron chi connectivity index (χ1n) is 23.9. The standard InChI is InChI=1S/C51H67F2N5O7SSi/c1-32(2)67(33(3)4,34(5)6)23-16-35-12-11-13-36-24-39(64-31-62-10)25-40(43(35)36)44-42(52)26-41-46(45(44)53)54-48(63-30-51(17-18-51)29-56-19-21-66(60,61)22-20-56)55-47(41)57-27-37-14-15-38(28-57)58(37)49(59)65-50(7,8)9/h11-13,24-26,32-34,37-38H,14-15,17-22,27-31H2,1-10H3. The van der Waals surface area contributed by atoms with Crippen molar-refractivity contribution in [3.63, 3.8) is 0 Å². The molecule has 4 fully saturated rings. The fourth-order valence-electron chi connectivity index (χ4n) is 11.0. The molecule has 67 heavy (non-hydrogen) atoms. The molecule has 0 N–H and O–H groups in total. The predicted octanol–water partition coefficient (Wildman–Crippen LogP) is 9.76. The molecule has 3 aromatic carbocycles. The normalized spacial score (nSPS) is 20.5. The number of nitrogens with zero attached hydrogens (tertiary/aromatic N) is 5. The number of anilines is 1. The molecule has 1 saturated carbocycles. The van der Waals surface area contributed by atoms with E-state index in [2.05, 4.69) is 57.9 Å². The topological polar surface area (TPSA) is 124 Å². The lowest BCUT2D eigenvalue weighted by Crippen LogP contribution is -2.57. The van der Waals surface area contributed by atoms with E-state index in [1.807, 2.05) is 54.8 Å². The van der Waals surface area contributed by atoms with Crippen molar-refractivity contribution in [1.82, 2.24) is 19.8 Å². The van der Waals surface area contributed by atoms with E-state index in [9.17, 15) is 13.2 Å². The fraction of sp³-hybridized carbons (Fsp3) is 0.588. The average molecular weight is 960 g/mol. The molecule has 4 heterocycles. The van der Waals surface area contributed by atoms with Crippen molar-refractivity contribution in [1.29, 1.82) is 0 Å². The quantitative estimate of drug-likeness (QED) is 0.0723. The van der Waals surface area contributed by atoms with Crippen LogP contribution >= 0.6 is 0 Å². The fourth-order valence-corrected chi connectivity index (χ4v) is 17.5. The van der Waals surface area contributed by atoms with Crippen molar-refractivity contribution in [3.05, 3.63) is 53.6 Å². The van der Waals surface area contributed by atoms with Crippen molar-refractivity contribution in [2.24, 2.45) is 5.41 Å². The van der Waals surface area contributed by atoms with Crippen LogP contribution in [0.2, 0.25) is 16.6 Å². The summed E-state index contributed by atoms with van der Waals surface area (Å²) in [4.78, 5) is 29.1. The van der Waals surface area contributed by atoms with Crippen molar-refractivity contribution >= 4 is 51.5 Å². The Labute approximate surface area is 396 Å². The largest absolute Gasteiger partial charge is 0.468 e. The number of carbonyl (C=O) groups is 1. The van der Waals surface area contributed by atoms with Crippen LogP contribution in [0.5, 0.6) is 11.8 Å². The molecule has 2 bridgehead atoms. The van der Waals surface area contributed by atoms with Gasteiger partial charge in [-0.05, 0) is 92.7 Å². The number of rotatable bonds is 13. The molecule has 1 aromatic heterocycles. The lowest BCUT2D eigenvalue weighted by molar-refractivity contribution is 0.0122. The Hall–Kier alpha value is -4.56. The summed E-state index contributed by atoms with van der Waals surface area (Å²) in [6.07, 6.45) is 2.87. The van der Waals surface area contributed by atoms with Gasteiger partial charge < -0.3 is 28.7 Å². The van der Waals surface area contributed by atoms with E-state index in [1.54, 1.807) is 6.07 Å². The Balaban J connectivity index is 1.26. The Morgan fingerprint density at radius 2 is 1.60 bits per heavy atom. The lowest BCUT2D eigenvalue weighted by Gasteiger charge is -2.42. The molecule has 8 rings (SSSR count). The first-order chi connectivity index (χ1) is 31.6. The second-order valence-electron chi connectivity index (χ2n) is 21.2. The van der Waals surface area contributed by atoms with Gasteiger partial charge in [0.2, 0.25) is 0 Å². The zero-order chi connectivity index (χ0) is 48.2. The minimum Gasteiger partial charge on any atom is -0.468 e. The van der Waals surface area contributed by atoms with Gasteiger partial charge in [-0.15, -0.1) is 5.54 Å². The van der Waals surface area contributed by atoms with E-state index in [0.717, 1.165) is 25.7 Å². The van der Waals surface area contributed by atoms with Crippen molar-refractivity contribution < 1.29 is 40.9 Å². The number of fused-ring (bicyclic) bond motifs is 4. The number of carbonyl (C=O) groups excluding carboxylic acids is 1. The first kappa shape index (κ1) is 48.9. The van der Waals surface area contributed by atoms with Gasteiger partial charge in [-0.1, -0.05) is 59.6 Å². The molecule has 2 unspecified atom stereocenters. The van der Waals surface area contributed by atoms with Crippen LogP contribution in [-0.4, -0.2) is 125 Å². The summed E-state index contributed by atoms with van der Waals surface area (Å²) in [6, 6.07) is 10.1. The molecule has 16 heteroatoms. The molecule has 4 aromatic rings. The van der Waals surface area contributed by atoms with E-state index in [4.69, 9.17) is 28.9 Å². The van der Waals surface area contributed by atoms with E-state index in [1.165, 1.54) is 13.2 Å². The van der Waals surface area contributed by atoms with Gasteiger partial charge in [-0.2, -0.15) is 9.97 Å². The maximum Gasteiger partial charge on any atom is 0.410 e. The number of benzene rings is 3. The van der Waals surface area contributed by atoms with Gasteiger partial charge >= 0.3 is 12.1 Å².